The van der Waals surface area contributed by atoms with Crippen LogP contribution in [0.25, 0.3) is 0 Å². The van der Waals surface area contributed by atoms with E-state index in [-0.39, 0.29) is 11.9 Å². The van der Waals surface area contributed by atoms with Crippen LogP contribution in [0.3, 0.4) is 0 Å². The minimum Gasteiger partial charge on any atom is -0.323 e. The number of anilines is 1. The Hall–Kier alpha value is -2.22. The van der Waals surface area contributed by atoms with E-state index in [1.807, 2.05) is 64.1 Å². The molecule has 3 rings (SSSR count). The second-order valence-corrected chi connectivity index (χ2v) is 9.89. The van der Waals surface area contributed by atoms with Crippen LogP contribution in [0.2, 0.25) is 0 Å². The predicted molar refractivity (Wildman–Crippen MR) is 119 cm³/mol. The third-order valence-electron chi connectivity index (χ3n) is 6.11. The predicted octanol–water partition coefficient (Wildman–Crippen LogP) is 1.63. The summed E-state index contributed by atoms with van der Waals surface area (Å²) in [6.45, 7) is 10.5. The summed E-state index contributed by atoms with van der Waals surface area (Å²) in [4.78, 5) is 16.4. The molecule has 30 heavy (non-hydrogen) atoms. The highest BCUT2D eigenvalue weighted by Crippen LogP contribution is 2.19. The Balaban J connectivity index is 1.67. The number of nitrogens with one attached hydrogen (secondary N) is 1. The molecule has 1 saturated heterocycles. The van der Waals surface area contributed by atoms with Gasteiger partial charge in [-0.15, -0.1) is 0 Å². The second-order valence-electron chi connectivity index (χ2n) is 7.95. The lowest BCUT2D eigenvalue weighted by Crippen LogP contribution is -3.19. The largest absolute Gasteiger partial charge is 0.323 e. The van der Waals surface area contributed by atoms with Gasteiger partial charge in [0.25, 0.3) is 5.91 Å². The van der Waals surface area contributed by atoms with Gasteiger partial charge in [0, 0.05) is 12.2 Å². The number of carbonyl (C=O) groups is 1. The molecule has 1 N–H and O–H groups in total. The first kappa shape index (κ1) is 22.5. The second kappa shape index (κ2) is 9.29. The molecule has 7 heteroatoms. The Labute approximate surface area is 180 Å². The lowest BCUT2D eigenvalue weighted by Gasteiger charge is -2.35. The Bertz CT molecular complexity index is 984. The first-order chi connectivity index (χ1) is 14.3. The van der Waals surface area contributed by atoms with E-state index in [9.17, 15) is 13.2 Å². The number of benzene rings is 2. The zero-order valence-electron chi connectivity index (χ0n) is 18.3. The summed E-state index contributed by atoms with van der Waals surface area (Å²) in [5.41, 5.74) is 2.95. The molecule has 1 fully saturated rings. The number of aryl methyl sites for hydroxylation is 2. The van der Waals surface area contributed by atoms with Crippen LogP contribution in [-0.4, -0.2) is 57.4 Å². The van der Waals surface area contributed by atoms with Crippen LogP contribution < -0.4 is 9.80 Å². The first-order valence-electron chi connectivity index (χ1n) is 10.5. The third-order valence-corrected chi connectivity index (χ3v) is 8.01. The van der Waals surface area contributed by atoms with Crippen molar-refractivity contribution < 1.29 is 18.1 Å². The van der Waals surface area contributed by atoms with Gasteiger partial charge in [0.1, 0.15) is 0 Å². The number of carbonyl (C=O) groups excluding carboxylic acids is 1. The highest BCUT2D eigenvalue weighted by atomic mass is 32.2. The van der Waals surface area contributed by atoms with Crippen LogP contribution in [0.5, 0.6) is 0 Å². The summed E-state index contributed by atoms with van der Waals surface area (Å²) >= 11 is 0. The average Bonchev–Trinajstić information content (AvgIpc) is 2.76. The van der Waals surface area contributed by atoms with E-state index in [1.54, 1.807) is 21.3 Å². The summed E-state index contributed by atoms with van der Waals surface area (Å²) in [6, 6.07) is 14.7. The van der Waals surface area contributed by atoms with Crippen molar-refractivity contribution in [3.63, 3.8) is 0 Å². The van der Waals surface area contributed by atoms with E-state index in [2.05, 4.69) is 0 Å². The summed E-state index contributed by atoms with van der Waals surface area (Å²) in [7, 11) is -3.51. The number of hydrogen-bond acceptors (Lipinski definition) is 3. The van der Waals surface area contributed by atoms with E-state index in [0.29, 0.717) is 37.6 Å². The summed E-state index contributed by atoms with van der Waals surface area (Å²) in [5, 5.41) is 0. The van der Waals surface area contributed by atoms with Crippen LogP contribution in [0, 0.1) is 13.8 Å². The van der Waals surface area contributed by atoms with Gasteiger partial charge < -0.3 is 9.80 Å². The molecule has 1 heterocycles. The smallest absolute Gasteiger partial charge is 0.284 e. The maximum Gasteiger partial charge on any atom is 0.284 e. The topological polar surface area (TPSA) is 62.1 Å². The Morgan fingerprint density at radius 1 is 1.07 bits per heavy atom. The first-order valence-corrected chi connectivity index (χ1v) is 12.0. The minimum absolute atomic E-state index is 0.0733. The maximum atomic E-state index is 13.1. The summed E-state index contributed by atoms with van der Waals surface area (Å²) < 4.78 is 27.6. The monoisotopic (exact) mass is 430 g/mol. The highest BCUT2D eigenvalue weighted by Gasteiger charge is 2.36. The Morgan fingerprint density at radius 2 is 1.70 bits per heavy atom. The van der Waals surface area contributed by atoms with Crippen LogP contribution >= 0.6 is 0 Å². The quantitative estimate of drug-likeness (QED) is 0.758. The van der Waals surface area contributed by atoms with Gasteiger partial charge in [-0.3, -0.25) is 4.79 Å². The third kappa shape index (κ3) is 4.58. The van der Waals surface area contributed by atoms with Gasteiger partial charge >= 0.3 is 0 Å². The molecule has 2 aromatic carbocycles. The van der Waals surface area contributed by atoms with Crippen LogP contribution in [-0.2, 0) is 14.8 Å². The fraction of sp³-hybridized carbons (Fsp3) is 0.435. The van der Waals surface area contributed by atoms with Crippen molar-refractivity contribution in [1.82, 2.24) is 4.31 Å². The molecule has 2 aromatic rings. The number of likely N-dealkylation sites (N-methyl/N-ethyl adjacent to an activating group) is 1. The number of hydrogen-bond donors (Lipinski definition) is 1. The molecule has 0 saturated carbocycles. The van der Waals surface area contributed by atoms with Gasteiger partial charge in [0.2, 0.25) is 10.0 Å². The van der Waals surface area contributed by atoms with Crippen molar-refractivity contribution in [3.05, 3.63) is 59.7 Å². The average molecular weight is 431 g/mol. The van der Waals surface area contributed by atoms with Crippen molar-refractivity contribution in [2.75, 3.05) is 37.6 Å². The summed E-state index contributed by atoms with van der Waals surface area (Å²) in [5.74, 6) is 0.0733. The lowest BCUT2D eigenvalue weighted by atomic mass is 10.1. The summed E-state index contributed by atoms with van der Waals surface area (Å²) in [6.07, 6.45) is 0. The molecule has 0 unspecified atom stereocenters. The molecule has 1 aliphatic rings. The standard InChI is InChI=1S/C23H31N3O3S/c1-5-26(21-9-7-6-8-10-21)23(27)20(4)24-13-15-25(16-14-24)30(28,29)22-12-11-18(2)19(3)17-22/h6-12,17,20H,5,13-16H2,1-4H3/p+1/t20-/m0/s1. The molecule has 1 amide bonds. The van der Waals surface area contributed by atoms with Crippen molar-refractivity contribution in [3.8, 4) is 0 Å². The molecule has 1 aliphatic heterocycles. The Morgan fingerprint density at radius 3 is 2.27 bits per heavy atom. The van der Waals surface area contributed by atoms with E-state index < -0.39 is 10.0 Å². The Kier molecular flexibility index (Phi) is 6.95. The molecule has 0 aromatic heterocycles. The molecule has 0 radical (unpaired) electrons. The zero-order chi connectivity index (χ0) is 21.9. The molecule has 0 bridgehead atoms. The number of quaternary nitrogens is 1. The van der Waals surface area contributed by atoms with E-state index >= 15 is 0 Å². The van der Waals surface area contributed by atoms with Crippen LogP contribution in [0.4, 0.5) is 5.69 Å². The molecular formula is C23H32N3O3S+. The van der Waals surface area contributed by atoms with Gasteiger partial charge in [-0.2, -0.15) is 4.31 Å². The molecule has 6 nitrogen and oxygen atoms in total. The van der Waals surface area contributed by atoms with Crippen molar-refractivity contribution in [2.45, 2.75) is 38.6 Å². The molecule has 1 atom stereocenters. The maximum absolute atomic E-state index is 13.1. The highest BCUT2D eigenvalue weighted by molar-refractivity contribution is 7.89. The number of piperazine rings is 1. The molecule has 162 valence electrons. The normalized spacial score (nSPS) is 16.9. The molecular weight excluding hydrogens is 398 g/mol. The van der Waals surface area contributed by atoms with Gasteiger partial charge in [-0.25, -0.2) is 8.42 Å². The van der Waals surface area contributed by atoms with E-state index in [1.165, 1.54) is 0 Å². The zero-order valence-corrected chi connectivity index (χ0v) is 19.1. The number of nitrogens with zero attached hydrogens (tertiary/aromatic N) is 2. The number of rotatable bonds is 6. The van der Waals surface area contributed by atoms with Gasteiger partial charge in [-0.1, -0.05) is 24.3 Å². The number of amides is 1. The molecule has 0 aliphatic carbocycles. The van der Waals surface area contributed by atoms with E-state index in [4.69, 9.17) is 0 Å². The van der Waals surface area contributed by atoms with Crippen LogP contribution in [0.15, 0.2) is 53.4 Å². The molecule has 0 spiro atoms. The van der Waals surface area contributed by atoms with Crippen molar-refractivity contribution in [1.29, 1.82) is 0 Å². The SMILES string of the molecule is CCN(C(=O)[C@H](C)[NH+]1CCN(S(=O)(=O)c2ccc(C)c(C)c2)CC1)c1ccccc1. The number of para-hydroxylation sites is 1. The van der Waals surface area contributed by atoms with Crippen molar-refractivity contribution in [2.24, 2.45) is 0 Å². The fourth-order valence-electron chi connectivity index (χ4n) is 3.95. The van der Waals surface area contributed by atoms with Crippen molar-refractivity contribution >= 4 is 21.6 Å². The van der Waals surface area contributed by atoms with Gasteiger partial charge in [0.05, 0.1) is 31.1 Å². The number of sulfonamides is 1. The lowest BCUT2D eigenvalue weighted by molar-refractivity contribution is -0.917. The van der Waals surface area contributed by atoms with Crippen LogP contribution in [0.1, 0.15) is 25.0 Å². The van der Waals surface area contributed by atoms with E-state index in [0.717, 1.165) is 21.7 Å². The fourth-order valence-corrected chi connectivity index (χ4v) is 5.48. The van der Waals surface area contributed by atoms with Gasteiger partial charge in [0.15, 0.2) is 6.04 Å². The minimum atomic E-state index is -3.51. The van der Waals surface area contributed by atoms with Gasteiger partial charge in [-0.05, 0) is 63.1 Å².